The molecule has 2 aromatic heterocycles. The zero-order valence-electron chi connectivity index (χ0n) is 21.1. The van der Waals surface area contributed by atoms with Crippen LogP contribution < -0.4 is 21.7 Å². The number of tetrazole rings is 1. The number of nitrogens with zero attached hydrogens (tertiary/aromatic N) is 6. The molecular weight excluding hydrogens is 444 g/mol. The van der Waals surface area contributed by atoms with E-state index in [-0.39, 0.29) is 28.6 Å². The molecule has 5 N–H and O–H groups in total. The van der Waals surface area contributed by atoms with Crippen LogP contribution in [0.4, 0.5) is 17.5 Å². The number of rotatable bonds is 7. The molecule has 0 spiro atoms. The summed E-state index contributed by atoms with van der Waals surface area (Å²) >= 11 is 0. The van der Waals surface area contributed by atoms with E-state index in [0.29, 0.717) is 11.8 Å². The van der Waals surface area contributed by atoms with Crippen LogP contribution in [0.2, 0.25) is 0 Å². The Morgan fingerprint density at radius 3 is 2.51 bits per heavy atom. The van der Waals surface area contributed by atoms with Crippen molar-refractivity contribution in [3.63, 3.8) is 0 Å². The lowest BCUT2D eigenvalue weighted by molar-refractivity contribution is 0.100. The molecule has 1 amide bonds. The van der Waals surface area contributed by atoms with E-state index in [9.17, 15) is 4.79 Å². The summed E-state index contributed by atoms with van der Waals surface area (Å²) in [6, 6.07) is 6.04. The molecule has 1 aliphatic rings. The molecule has 0 bridgehead atoms. The lowest BCUT2D eigenvalue weighted by atomic mass is 9.79. The third-order valence-electron chi connectivity index (χ3n) is 6.09. The highest BCUT2D eigenvalue weighted by Gasteiger charge is 2.38. The minimum atomic E-state index is -0.575. The summed E-state index contributed by atoms with van der Waals surface area (Å²) in [7, 11) is 0. The van der Waals surface area contributed by atoms with E-state index >= 15 is 0 Å². The second-order valence-corrected chi connectivity index (χ2v) is 10.8. The van der Waals surface area contributed by atoms with Gasteiger partial charge in [-0.25, -0.2) is 9.67 Å². The van der Waals surface area contributed by atoms with E-state index in [4.69, 9.17) is 5.73 Å². The van der Waals surface area contributed by atoms with Gasteiger partial charge in [-0.15, -0.1) is 5.10 Å². The largest absolute Gasteiger partial charge is 0.366 e. The average molecular weight is 479 g/mol. The van der Waals surface area contributed by atoms with Crippen LogP contribution in [0.5, 0.6) is 0 Å². The lowest BCUT2D eigenvalue weighted by Crippen LogP contribution is -2.60. The molecule has 1 aromatic carbocycles. The first-order chi connectivity index (χ1) is 16.4. The number of primary amides is 1. The van der Waals surface area contributed by atoms with Gasteiger partial charge in [0, 0.05) is 29.0 Å². The van der Waals surface area contributed by atoms with Crippen LogP contribution in [-0.2, 0) is 0 Å². The van der Waals surface area contributed by atoms with Crippen LogP contribution in [0.1, 0.15) is 76.2 Å². The molecule has 35 heavy (non-hydrogen) atoms. The predicted octanol–water partition coefficient (Wildman–Crippen LogP) is 3.14. The quantitative estimate of drug-likeness (QED) is 0.402. The SMILES string of the molecule is CC(C)c1ccc(Nc2ncc(C(N)=O)c(NC3CC(C)(C)NC(C)(C)C3)n2)cc1-n1cnnn1. The number of hydrogen-bond donors (Lipinski definition) is 4. The van der Waals surface area contributed by atoms with Gasteiger partial charge >= 0.3 is 0 Å². The molecule has 1 fully saturated rings. The van der Waals surface area contributed by atoms with Crippen molar-refractivity contribution in [2.45, 2.75) is 77.4 Å². The maximum atomic E-state index is 12.1. The van der Waals surface area contributed by atoms with Crippen molar-refractivity contribution in [1.82, 2.24) is 35.5 Å². The molecule has 1 saturated heterocycles. The van der Waals surface area contributed by atoms with Crippen molar-refractivity contribution >= 4 is 23.4 Å². The average Bonchev–Trinajstić information content (AvgIpc) is 3.26. The normalized spacial score (nSPS) is 17.3. The highest BCUT2D eigenvalue weighted by atomic mass is 16.1. The molecule has 0 unspecified atom stereocenters. The first kappa shape index (κ1) is 24.5. The highest BCUT2D eigenvalue weighted by molar-refractivity contribution is 5.97. The van der Waals surface area contributed by atoms with Crippen LogP contribution in [0.15, 0.2) is 30.7 Å². The molecule has 0 radical (unpaired) electrons. The molecular formula is C24H34N10O. The maximum Gasteiger partial charge on any atom is 0.254 e. The van der Waals surface area contributed by atoms with Gasteiger partial charge in [0.1, 0.15) is 12.1 Å². The van der Waals surface area contributed by atoms with Gasteiger partial charge in [0.2, 0.25) is 5.95 Å². The Labute approximate surface area is 205 Å². The molecule has 3 heterocycles. The molecule has 11 heteroatoms. The lowest BCUT2D eigenvalue weighted by Gasteiger charge is -2.46. The van der Waals surface area contributed by atoms with Crippen molar-refractivity contribution in [2.75, 3.05) is 10.6 Å². The monoisotopic (exact) mass is 478 g/mol. The van der Waals surface area contributed by atoms with Crippen LogP contribution in [-0.4, -0.2) is 53.2 Å². The molecule has 186 valence electrons. The number of piperidine rings is 1. The summed E-state index contributed by atoms with van der Waals surface area (Å²) in [5.41, 5.74) is 8.50. The maximum absolute atomic E-state index is 12.1. The molecule has 1 aliphatic heterocycles. The van der Waals surface area contributed by atoms with Crippen molar-refractivity contribution in [1.29, 1.82) is 0 Å². The fourth-order valence-electron chi connectivity index (χ4n) is 5.06. The van der Waals surface area contributed by atoms with E-state index in [1.165, 1.54) is 6.20 Å². The Balaban J connectivity index is 1.63. The Bertz CT molecular complexity index is 1190. The minimum Gasteiger partial charge on any atom is -0.366 e. The second kappa shape index (κ2) is 9.21. The van der Waals surface area contributed by atoms with E-state index in [0.717, 1.165) is 29.8 Å². The van der Waals surface area contributed by atoms with E-state index in [1.807, 2.05) is 18.2 Å². The van der Waals surface area contributed by atoms with E-state index < -0.39 is 5.91 Å². The highest BCUT2D eigenvalue weighted by Crippen LogP contribution is 2.31. The summed E-state index contributed by atoms with van der Waals surface area (Å²) in [6.45, 7) is 12.9. The first-order valence-corrected chi connectivity index (χ1v) is 11.8. The van der Waals surface area contributed by atoms with Crippen molar-refractivity contribution < 1.29 is 4.79 Å². The number of hydrogen-bond acceptors (Lipinski definition) is 9. The van der Waals surface area contributed by atoms with Crippen molar-refractivity contribution in [3.05, 3.63) is 41.9 Å². The van der Waals surface area contributed by atoms with Gasteiger partial charge in [-0.05, 0) is 74.6 Å². The fraction of sp³-hybridized carbons (Fsp3) is 0.500. The van der Waals surface area contributed by atoms with Gasteiger partial charge < -0.3 is 21.7 Å². The van der Waals surface area contributed by atoms with Crippen molar-refractivity contribution in [2.24, 2.45) is 5.73 Å². The number of benzene rings is 1. The summed E-state index contributed by atoms with van der Waals surface area (Å²) in [5.74, 6) is 0.482. The van der Waals surface area contributed by atoms with E-state index in [2.05, 4.69) is 83.0 Å². The second-order valence-electron chi connectivity index (χ2n) is 10.8. The van der Waals surface area contributed by atoms with Gasteiger partial charge in [-0.3, -0.25) is 4.79 Å². The topological polar surface area (TPSA) is 149 Å². The molecule has 3 aromatic rings. The molecule has 0 saturated carbocycles. The summed E-state index contributed by atoms with van der Waals surface area (Å²) < 4.78 is 1.63. The molecule has 11 nitrogen and oxygen atoms in total. The molecule has 0 atom stereocenters. The number of aromatic nitrogens is 6. The van der Waals surface area contributed by atoms with Gasteiger partial charge in [0.15, 0.2) is 0 Å². The van der Waals surface area contributed by atoms with Gasteiger partial charge in [-0.1, -0.05) is 19.9 Å². The number of nitrogens with two attached hydrogens (primary N) is 1. The van der Waals surface area contributed by atoms with Gasteiger partial charge in [-0.2, -0.15) is 4.98 Å². The Morgan fingerprint density at radius 2 is 1.91 bits per heavy atom. The summed E-state index contributed by atoms with van der Waals surface area (Å²) in [5, 5.41) is 21.9. The minimum absolute atomic E-state index is 0.0643. The predicted molar refractivity (Wildman–Crippen MR) is 135 cm³/mol. The van der Waals surface area contributed by atoms with Crippen molar-refractivity contribution in [3.8, 4) is 5.69 Å². The van der Waals surface area contributed by atoms with Gasteiger partial charge in [0.25, 0.3) is 5.91 Å². The van der Waals surface area contributed by atoms with Crippen LogP contribution >= 0.6 is 0 Å². The Kier molecular flexibility index (Phi) is 6.46. The van der Waals surface area contributed by atoms with E-state index in [1.54, 1.807) is 11.0 Å². The number of carbonyl (C=O) groups excluding carboxylic acids is 1. The Hall–Kier alpha value is -3.60. The zero-order valence-corrected chi connectivity index (χ0v) is 21.1. The smallest absolute Gasteiger partial charge is 0.254 e. The number of amides is 1. The standard InChI is InChI=1S/C24H34N10O/c1-14(2)17-8-7-15(9-19(17)34-13-27-32-33-34)29-22-26-12-18(20(25)35)21(30-22)28-16-10-23(3,4)31-24(5,6)11-16/h7-9,12-14,16,31H,10-11H2,1-6H3,(H2,25,35)(H2,26,28,29,30). The summed E-state index contributed by atoms with van der Waals surface area (Å²) in [4.78, 5) is 21.1. The summed E-state index contributed by atoms with van der Waals surface area (Å²) in [6.07, 6.45) is 4.76. The molecule has 0 aliphatic carbocycles. The van der Waals surface area contributed by atoms with Crippen LogP contribution in [0, 0.1) is 0 Å². The number of nitrogens with one attached hydrogen (secondary N) is 3. The van der Waals surface area contributed by atoms with Crippen LogP contribution in [0.3, 0.4) is 0 Å². The zero-order chi connectivity index (χ0) is 25.4. The number of anilines is 3. The third-order valence-corrected chi connectivity index (χ3v) is 6.09. The molecule has 4 rings (SSSR count). The fourth-order valence-corrected chi connectivity index (χ4v) is 5.06. The van der Waals surface area contributed by atoms with Gasteiger partial charge in [0.05, 0.1) is 11.3 Å². The third kappa shape index (κ3) is 5.73. The first-order valence-electron chi connectivity index (χ1n) is 11.8. The van der Waals surface area contributed by atoms with Crippen LogP contribution in [0.25, 0.3) is 5.69 Å². The number of carbonyl (C=O) groups is 1. The Morgan fingerprint density at radius 1 is 1.20 bits per heavy atom.